The van der Waals surface area contributed by atoms with Gasteiger partial charge >= 0.3 is 0 Å². The summed E-state index contributed by atoms with van der Waals surface area (Å²) in [4.78, 5) is 25.1. The van der Waals surface area contributed by atoms with Gasteiger partial charge in [0.2, 0.25) is 11.8 Å². The number of hydrogen-bond acceptors (Lipinski definition) is 9. The van der Waals surface area contributed by atoms with Gasteiger partial charge in [0.25, 0.3) is 10.1 Å². The maximum absolute atomic E-state index is 12.3. The minimum Gasteiger partial charge on any atom is -0.385 e. The largest absolute Gasteiger partial charge is 0.385 e. The maximum atomic E-state index is 12.3. The Morgan fingerprint density at radius 2 is 1.79 bits per heavy atom. The van der Waals surface area contributed by atoms with Crippen LogP contribution in [0.25, 0.3) is 0 Å². The first-order valence-electron chi connectivity index (χ1n) is 11.4. The first kappa shape index (κ1) is 25.6. The summed E-state index contributed by atoms with van der Waals surface area (Å²) in [5, 5.41) is 27.3. The van der Waals surface area contributed by atoms with Crippen molar-refractivity contribution in [2.75, 3.05) is 24.7 Å². The Hall–Kier alpha value is -2.05. The second kappa shape index (κ2) is 11.4. The minimum absolute atomic E-state index is 0.165. The van der Waals surface area contributed by atoms with E-state index >= 15 is 0 Å². The highest BCUT2D eigenvalue weighted by molar-refractivity contribution is 7.85. The van der Waals surface area contributed by atoms with E-state index in [0.717, 1.165) is 38.4 Å². The highest BCUT2D eigenvalue weighted by atomic mass is 32.2. The highest BCUT2D eigenvalue weighted by Gasteiger charge is 2.45. The summed E-state index contributed by atoms with van der Waals surface area (Å²) in [7, 11) is -3.36. The molecule has 184 valence electrons. The number of imide groups is 1. The monoisotopic (exact) mass is 483 g/mol. The molecule has 3 unspecified atom stereocenters. The third kappa shape index (κ3) is 6.73. The number of carbonyl (C=O) groups excluding carboxylic acids is 2. The first-order valence-corrected chi connectivity index (χ1v) is 13.2. The number of piperidine rings is 1. The van der Waals surface area contributed by atoms with Crippen molar-refractivity contribution in [1.82, 2.24) is 10.2 Å². The van der Waals surface area contributed by atoms with Gasteiger partial charge in [-0.3, -0.25) is 19.1 Å². The predicted octanol–water partition coefficient (Wildman–Crippen LogP) is 1.52. The SMILES string of the molecule is CS(=O)(=O)OCCCCCCCCNc1cccc2c1C(O)N(C1CCC(=O)NC1=O)C2O. The zero-order chi connectivity index (χ0) is 24.0. The summed E-state index contributed by atoms with van der Waals surface area (Å²) < 4.78 is 26.5. The van der Waals surface area contributed by atoms with Gasteiger partial charge in [-0.15, -0.1) is 0 Å². The summed E-state index contributed by atoms with van der Waals surface area (Å²) in [6.45, 7) is 0.915. The minimum atomic E-state index is -3.36. The molecule has 3 rings (SSSR count). The van der Waals surface area contributed by atoms with Crippen molar-refractivity contribution in [3.8, 4) is 0 Å². The molecule has 10 nitrogen and oxygen atoms in total. The van der Waals surface area contributed by atoms with Crippen LogP contribution >= 0.6 is 0 Å². The van der Waals surface area contributed by atoms with Gasteiger partial charge in [-0.2, -0.15) is 8.42 Å². The number of carbonyl (C=O) groups is 2. The van der Waals surface area contributed by atoms with E-state index in [2.05, 4.69) is 10.6 Å². The number of hydrogen-bond donors (Lipinski definition) is 4. The van der Waals surface area contributed by atoms with E-state index in [4.69, 9.17) is 4.18 Å². The third-order valence-corrected chi connectivity index (χ3v) is 6.59. The quantitative estimate of drug-likeness (QED) is 0.197. The molecule has 3 atom stereocenters. The van der Waals surface area contributed by atoms with E-state index in [9.17, 15) is 28.2 Å². The molecule has 0 aliphatic carbocycles. The molecule has 1 fully saturated rings. The predicted molar refractivity (Wildman–Crippen MR) is 121 cm³/mol. The van der Waals surface area contributed by atoms with Gasteiger partial charge in [-0.25, -0.2) is 4.90 Å². The fraction of sp³-hybridized carbons (Fsp3) is 0.636. The fourth-order valence-corrected chi connectivity index (χ4v) is 4.79. The van der Waals surface area contributed by atoms with E-state index in [-0.39, 0.29) is 25.4 Å². The van der Waals surface area contributed by atoms with Crippen LogP contribution in [0.5, 0.6) is 0 Å². The van der Waals surface area contributed by atoms with Crippen molar-refractivity contribution in [2.24, 2.45) is 0 Å². The third-order valence-electron chi connectivity index (χ3n) is 5.99. The van der Waals surface area contributed by atoms with Crippen LogP contribution in [0, 0.1) is 0 Å². The number of benzene rings is 1. The average Bonchev–Trinajstić information content (AvgIpc) is 3.00. The molecule has 2 heterocycles. The summed E-state index contributed by atoms with van der Waals surface area (Å²) in [6, 6.07) is 4.58. The summed E-state index contributed by atoms with van der Waals surface area (Å²) in [5.41, 5.74) is 1.82. The molecule has 2 aliphatic rings. The van der Waals surface area contributed by atoms with Crippen LogP contribution < -0.4 is 10.6 Å². The van der Waals surface area contributed by atoms with Gasteiger partial charge in [-0.1, -0.05) is 37.8 Å². The van der Waals surface area contributed by atoms with Gasteiger partial charge < -0.3 is 15.5 Å². The van der Waals surface area contributed by atoms with E-state index in [1.165, 1.54) is 4.90 Å². The molecule has 2 aliphatic heterocycles. The number of aliphatic hydroxyl groups excluding tert-OH is 2. The van der Waals surface area contributed by atoms with Crippen molar-refractivity contribution in [3.63, 3.8) is 0 Å². The van der Waals surface area contributed by atoms with Crippen LogP contribution in [-0.4, -0.2) is 60.8 Å². The van der Waals surface area contributed by atoms with Gasteiger partial charge in [-0.05, 0) is 25.3 Å². The van der Waals surface area contributed by atoms with Crippen molar-refractivity contribution >= 4 is 27.6 Å². The first-order chi connectivity index (χ1) is 15.7. The summed E-state index contributed by atoms with van der Waals surface area (Å²) in [6.07, 6.45) is 4.74. The zero-order valence-corrected chi connectivity index (χ0v) is 19.6. The molecule has 0 radical (unpaired) electrons. The number of aliphatic hydroxyl groups is 2. The normalized spacial score (nSPS) is 23.4. The molecule has 11 heteroatoms. The fourth-order valence-electron chi connectivity index (χ4n) is 4.37. The second-order valence-corrected chi connectivity index (χ2v) is 10.2. The van der Waals surface area contributed by atoms with Crippen LogP contribution in [-0.2, 0) is 23.9 Å². The number of amides is 2. The Bertz CT molecular complexity index is 953. The van der Waals surface area contributed by atoms with Crippen LogP contribution in [0.2, 0.25) is 0 Å². The summed E-state index contributed by atoms with van der Waals surface area (Å²) in [5.74, 6) is -0.851. The standard InChI is InChI=1S/C22H33N3O7S/c1-33(30,31)32-14-7-5-3-2-4-6-13-23-16-10-8-9-15-19(16)22(29)25(21(15)28)17-11-12-18(26)24-20(17)27/h8-10,17,21-23,28-29H,2-7,11-14H2,1H3,(H,24,26,27). The molecular weight excluding hydrogens is 450 g/mol. The van der Waals surface area contributed by atoms with Crippen molar-refractivity contribution in [3.05, 3.63) is 29.3 Å². The van der Waals surface area contributed by atoms with Crippen LogP contribution in [0.3, 0.4) is 0 Å². The molecule has 1 saturated heterocycles. The van der Waals surface area contributed by atoms with E-state index < -0.39 is 34.5 Å². The Morgan fingerprint density at radius 1 is 1.09 bits per heavy atom. The lowest BCUT2D eigenvalue weighted by molar-refractivity contribution is -0.154. The maximum Gasteiger partial charge on any atom is 0.264 e. The number of rotatable bonds is 12. The number of fused-ring (bicyclic) bond motifs is 1. The Balaban J connectivity index is 1.45. The number of nitrogens with one attached hydrogen (secondary N) is 2. The lowest BCUT2D eigenvalue weighted by Crippen LogP contribution is -2.52. The molecule has 33 heavy (non-hydrogen) atoms. The molecule has 2 amide bonds. The number of anilines is 1. The smallest absolute Gasteiger partial charge is 0.264 e. The molecular formula is C22H33N3O7S. The second-order valence-electron chi connectivity index (χ2n) is 8.54. The molecule has 0 saturated carbocycles. The van der Waals surface area contributed by atoms with E-state index in [1.807, 2.05) is 6.07 Å². The molecule has 4 N–H and O–H groups in total. The Labute approximate surface area is 194 Å². The Kier molecular flexibility index (Phi) is 8.82. The Morgan fingerprint density at radius 3 is 2.48 bits per heavy atom. The molecule has 0 spiro atoms. The van der Waals surface area contributed by atoms with Crippen LogP contribution in [0.4, 0.5) is 5.69 Å². The number of nitrogens with zero attached hydrogens (tertiary/aromatic N) is 1. The van der Waals surface area contributed by atoms with E-state index in [0.29, 0.717) is 29.8 Å². The van der Waals surface area contributed by atoms with Crippen LogP contribution in [0.15, 0.2) is 18.2 Å². The average molecular weight is 484 g/mol. The molecule has 1 aromatic carbocycles. The summed E-state index contributed by atoms with van der Waals surface area (Å²) >= 11 is 0. The molecule has 1 aromatic rings. The lowest BCUT2D eigenvalue weighted by atomic mass is 10.0. The van der Waals surface area contributed by atoms with Crippen molar-refractivity contribution in [1.29, 1.82) is 0 Å². The molecule has 0 aromatic heterocycles. The topological polar surface area (TPSA) is 145 Å². The molecule has 0 bridgehead atoms. The van der Waals surface area contributed by atoms with Gasteiger partial charge in [0.15, 0.2) is 0 Å². The van der Waals surface area contributed by atoms with Gasteiger partial charge in [0.1, 0.15) is 12.5 Å². The van der Waals surface area contributed by atoms with Crippen LogP contribution in [0.1, 0.15) is 74.9 Å². The lowest BCUT2D eigenvalue weighted by Gasteiger charge is -2.34. The highest BCUT2D eigenvalue weighted by Crippen LogP contribution is 2.45. The van der Waals surface area contributed by atoms with Gasteiger partial charge in [0.05, 0.1) is 18.9 Å². The number of unbranched alkanes of at least 4 members (excludes halogenated alkanes) is 5. The van der Waals surface area contributed by atoms with Crippen molar-refractivity contribution < 1.29 is 32.4 Å². The van der Waals surface area contributed by atoms with E-state index in [1.54, 1.807) is 12.1 Å². The zero-order valence-electron chi connectivity index (χ0n) is 18.8. The van der Waals surface area contributed by atoms with Gasteiger partial charge in [0, 0.05) is 29.8 Å². The van der Waals surface area contributed by atoms with Crippen molar-refractivity contribution in [2.45, 2.75) is 69.9 Å².